The molecule has 0 bridgehead atoms. The molecule has 0 radical (unpaired) electrons. The second-order valence-electron chi connectivity index (χ2n) is 5.00. The van der Waals surface area contributed by atoms with Gasteiger partial charge in [0.15, 0.2) is 0 Å². The molecule has 19 heavy (non-hydrogen) atoms. The van der Waals surface area contributed by atoms with Crippen molar-refractivity contribution in [3.8, 4) is 0 Å². The van der Waals surface area contributed by atoms with Gasteiger partial charge in [-0.15, -0.1) is 0 Å². The smallest absolute Gasteiger partial charge is 0.0731 e. The fourth-order valence-corrected chi connectivity index (χ4v) is 2.26. The van der Waals surface area contributed by atoms with Crippen molar-refractivity contribution in [2.75, 3.05) is 11.9 Å². The zero-order valence-electron chi connectivity index (χ0n) is 11.7. The summed E-state index contributed by atoms with van der Waals surface area (Å²) >= 11 is 0. The Morgan fingerprint density at radius 2 is 1.95 bits per heavy atom. The Hall–Kier alpha value is -1.81. The topological polar surface area (TPSA) is 50.1 Å². The lowest BCUT2D eigenvalue weighted by Gasteiger charge is -2.15. The van der Waals surface area contributed by atoms with Gasteiger partial charge in [0, 0.05) is 12.2 Å². The normalized spacial score (nSPS) is 12.4. The lowest BCUT2D eigenvalue weighted by atomic mass is 10.0. The molecule has 1 aromatic heterocycles. The van der Waals surface area contributed by atoms with E-state index < -0.39 is 0 Å². The number of aliphatic hydroxyl groups is 1. The highest BCUT2D eigenvalue weighted by molar-refractivity contribution is 5.42. The van der Waals surface area contributed by atoms with Gasteiger partial charge in [0.2, 0.25) is 0 Å². The summed E-state index contributed by atoms with van der Waals surface area (Å²) < 4.78 is 1.73. The molecular weight excluding hydrogens is 238 g/mol. The van der Waals surface area contributed by atoms with Crippen LogP contribution in [0, 0.1) is 13.8 Å². The van der Waals surface area contributed by atoms with Crippen LogP contribution in [0.15, 0.2) is 30.6 Å². The second kappa shape index (κ2) is 5.89. The molecule has 1 aromatic carbocycles. The lowest BCUT2D eigenvalue weighted by Crippen LogP contribution is -2.07. The maximum absolute atomic E-state index is 8.87. The van der Waals surface area contributed by atoms with Crippen molar-refractivity contribution in [2.45, 2.75) is 33.4 Å². The number of anilines is 1. The fourth-order valence-electron chi connectivity index (χ4n) is 2.26. The molecule has 2 aromatic rings. The molecule has 4 nitrogen and oxygen atoms in total. The standard InChI is InChI=1S/C15H21N3O/c1-11-6-12(2)8-14(7-11)13(3)17-15-9-16-18(10-15)4-5-19/h6-10,13,17,19H,4-5H2,1-3H3. The highest BCUT2D eigenvalue weighted by Crippen LogP contribution is 2.21. The van der Waals surface area contributed by atoms with Crippen LogP contribution in [0.25, 0.3) is 0 Å². The predicted octanol–water partition coefficient (Wildman–Crippen LogP) is 2.67. The van der Waals surface area contributed by atoms with Gasteiger partial charge in [0.25, 0.3) is 0 Å². The average molecular weight is 259 g/mol. The fraction of sp³-hybridized carbons (Fsp3) is 0.400. The van der Waals surface area contributed by atoms with Crippen molar-refractivity contribution >= 4 is 5.69 Å². The number of hydrogen-bond donors (Lipinski definition) is 2. The first kappa shape index (κ1) is 13.6. The van der Waals surface area contributed by atoms with Crippen molar-refractivity contribution in [2.24, 2.45) is 0 Å². The van der Waals surface area contributed by atoms with E-state index >= 15 is 0 Å². The van der Waals surface area contributed by atoms with Crippen LogP contribution in [0.3, 0.4) is 0 Å². The molecule has 0 fully saturated rings. The molecule has 0 saturated carbocycles. The maximum Gasteiger partial charge on any atom is 0.0731 e. The summed E-state index contributed by atoms with van der Waals surface area (Å²) in [6.07, 6.45) is 3.70. The Labute approximate surface area is 114 Å². The minimum absolute atomic E-state index is 0.105. The van der Waals surface area contributed by atoms with Gasteiger partial charge in [-0.05, 0) is 26.3 Å². The largest absolute Gasteiger partial charge is 0.394 e. The quantitative estimate of drug-likeness (QED) is 0.868. The minimum atomic E-state index is 0.105. The van der Waals surface area contributed by atoms with Gasteiger partial charge in [-0.1, -0.05) is 29.3 Å². The first-order valence-electron chi connectivity index (χ1n) is 6.56. The van der Waals surface area contributed by atoms with Crippen LogP contribution < -0.4 is 5.32 Å². The summed E-state index contributed by atoms with van der Waals surface area (Å²) in [5, 5.41) is 16.5. The first-order chi connectivity index (χ1) is 9.08. The molecule has 1 atom stereocenters. The Kier molecular flexibility index (Phi) is 4.22. The number of nitrogens with one attached hydrogen (secondary N) is 1. The zero-order valence-corrected chi connectivity index (χ0v) is 11.7. The highest BCUT2D eigenvalue weighted by Gasteiger charge is 2.07. The van der Waals surface area contributed by atoms with Gasteiger partial charge in [-0.2, -0.15) is 5.10 Å². The number of benzene rings is 1. The van der Waals surface area contributed by atoms with Gasteiger partial charge < -0.3 is 10.4 Å². The summed E-state index contributed by atoms with van der Waals surface area (Å²) in [7, 11) is 0. The average Bonchev–Trinajstić information content (AvgIpc) is 2.76. The molecule has 0 saturated heterocycles. The van der Waals surface area contributed by atoms with E-state index in [1.165, 1.54) is 16.7 Å². The molecule has 1 heterocycles. The van der Waals surface area contributed by atoms with Gasteiger partial charge in [-0.25, -0.2) is 0 Å². The van der Waals surface area contributed by atoms with Crippen molar-refractivity contribution in [3.63, 3.8) is 0 Å². The predicted molar refractivity (Wildman–Crippen MR) is 77.3 cm³/mol. The monoisotopic (exact) mass is 259 g/mol. The zero-order chi connectivity index (χ0) is 13.8. The van der Waals surface area contributed by atoms with Crippen LogP contribution in [0.2, 0.25) is 0 Å². The number of rotatable bonds is 5. The highest BCUT2D eigenvalue weighted by atomic mass is 16.3. The van der Waals surface area contributed by atoms with Gasteiger partial charge in [0.1, 0.15) is 0 Å². The summed E-state index contributed by atoms with van der Waals surface area (Å²) in [6, 6.07) is 6.80. The molecule has 4 heteroatoms. The van der Waals surface area contributed by atoms with E-state index in [9.17, 15) is 0 Å². The van der Waals surface area contributed by atoms with Crippen LogP contribution >= 0.6 is 0 Å². The first-order valence-corrected chi connectivity index (χ1v) is 6.56. The number of aliphatic hydroxyl groups excluding tert-OH is 1. The van der Waals surface area contributed by atoms with E-state index in [0.29, 0.717) is 6.54 Å². The maximum atomic E-state index is 8.87. The molecule has 2 N–H and O–H groups in total. The van der Waals surface area contributed by atoms with Crippen molar-refractivity contribution in [1.29, 1.82) is 0 Å². The Morgan fingerprint density at radius 1 is 1.26 bits per heavy atom. The Balaban J connectivity index is 2.08. The van der Waals surface area contributed by atoms with E-state index in [4.69, 9.17) is 5.11 Å². The number of aromatic nitrogens is 2. The summed E-state index contributed by atoms with van der Waals surface area (Å²) in [5.41, 5.74) is 4.80. The molecule has 0 amide bonds. The summed E-state index contributed by atoms with van der Waals surface area (Å²) in [5.74, 6) is 0. The molecule has 0 aliphatic rings. The van der Waals surface area contributed by atoms with E-state index in [1.807, 2.05) is 6.20 Å². The van der Waals surface area contributed by atoms with Crippen LogP contribution in [0.1, 0.15) is 29.7 Å². The summed E-state index contributed by atoms with van der Waals surface area (Å²) in [6.45, 7) is 7.00. The minimum Gasteiger partial charge on any atom is -0.394 e. The Morgan fingerprint density at radius 3 is 2.58 bits per heavy atom. The van der Waals surface area contributed by atoms with Crippen molar-refractivity contribution in [3.05, 3.63) is 47.3 Å². The van der Waals surface area contributed by atoms with Gasteiger partial charge >= 0.3 is 0 Å². The molecule has 1 unspecified atom stereocenters. The lowest BCUT2D eigenvalue weighted by molar-refractivity contribution is 0.269. The van der Waals surface area contributed by atoms with E-state index in [1.54, 1.807) is 10.9 Å². The molecule has 0 spiro atoms. The van der Waals surface area contributed by atoms with E-state index in [-0.39, 0.29) is 12.6 Å². The van der Waals surface area contributed by atoms with E-state index in [2.05, 4.69) is 49.4 Å². The van der Waals surface area contributed by atoms with Crippen LogP contribution in [-0.4, -0.2) is 21.5 Å². The number of aryl methyl sites for hydroxylation is 2. The Bertz CT molecular complexity index is 528. The third-order valence-electron chi connectivity index (χ3n) is 3.09. The van der Waals surface area contributed by atoms with Crippen molar-refractivity contribution in [1.82, 2.24) is 9.78 Å². The molecule has 102 valence electrons. The van der Waals surface area contributed by atoms with Crippen LogP contribution in [0.5, 0.6) is 0 Å². The molecule has 0 aliphatic carbocycles. The van der Waals surface area contributed by atoms with Crippen LogP contribution in [0.4, 0.5) is 5.69 Å². The molecular formula is C15H21N3O. The number of nitrogens with zero attached hydrogens (tertiary/aromatic N) is 2. The van der Waals surface area contributed by atoms with E-state index in [0.717, 1.165) is 5.69 Å². The molecule has 0 aliphatic heterocycles. The van der Waals surface area contributed by atoms with Crippen molar-refractivity contribution < 1.29 is 5.11 Å². The number of hydrogen-bond acceptors (Lipinski definition) is 3. The summed E-state index contributed by atoms with van der Waals surface area (Å²) in [4.78, 5) is 0. The van der Waals surface area contributed by atoms with Gasteiger partial charge in [-0.3, -0.25) is 4.68 Å². The van der Waals surface area contributed by atoms with Crippen LogP contribution in [-0.2, 0) is 6.54 Å². The third kappa shape index (κ3) is 3.58. The SMILES string of the molecule is Cc1cc(C)cc(C(C)Nc2cnn(CCO)c2)c1. The molecule has 2 rings (SSSR count). The van der Waals surface area contributed by atoms with Gasteiger partial charge in [0.05, 0.1) is 25.0 Å². The second-order valence-corrected chi connectivity index (χ2v) is 5.00. The third-order valence-corrected chi connectivity index (χ3v) is 3.09.